The molecule has 2 N–H and O–H groups in total. The van der Waals surface area contributed by atoms with E-state index in [2.05, 4.69) is 17.2 Å². The van der Waals surface area contributed by atoms with E-state index in [1.165, 1.54) is 12.8 Å². The van der Waals surface area contributed by atoms with Crippen molar-refractivity contribution >= 4 is 6.03 Å². The van der Waals surface area contributed by atoms with Gasteiger partial charge in [0, 0.05) is 31.7 Å². The van der Waals surface area contributed by atoms with E-state index in [0.29, 0.717) is 18.6 Å². The van der Waals surface area contributed by atoms with Crippen LogP contribution in [0.15, 0.2) is 12.7 Å². The fourth-order valence-electron chi connectivity index (χ4n) is 2.40. The summed E-state index contributed by atoms with van der Waals surface area (Å²) in [5.74, 6) is 0. The topological polar surface area (TPSA) is 44.4 Å². The van der Waals surface area contributed by atoms with Crippen LogP contribution < -0.4 is 10.6 Å². The summed E-state index contributed by atoms with van der Waals surface area (Å²) in [6, 6.07) is 1.18. The number of fused-ring (bicyclic) bond motifs is 2. The van der Waals surface area contributed by atoms with Gasteiger partial charge in [-0.2, -0.15) is 0 Å². The van der Waals surface area contributed by atoms with Crippen molar-refractivity contribution < 1.29 is 4.79 Å². The maximum Gasteiger partial charge on any atom is 0.317 e. The minimum absolute atomic E-state index is 0.0456. The molecule has 2 aliphatic heterocycles. The zero-order valence-electron chi connectivity index (χ0n) is 9.04. The minimum Gasteiger partial charge on any atom is -0.335 e. The third-order valence-electron chi connectivity index (χ3n) is 3.21. The predicted octanol–water partition coefficient (Wildman–Crippen LogP) is 0.708. The van der Waals surface area contributed by atoms with Gasteiger partial charge < -0.3 is 15.5 Å². The summed E-state index contributed by atoms with van der Waals surface area (Å²) in [5, 5.41) is 6.38. The Bertz CT molecular complexity index is 254. The van der Waals surface area contributed by atoms with Crippen LogP contribution in [0, 0.1) is 0 Å². The van der Waals surface area contributed by atoms with E-state index < -0.39 is 0 Å². The van der Waals surface area contributed by atoms with E-state index in [1.54, 1.807) is 6.08 Å². The Balaban J connectivity index is 1.87. The number of likely N-dealkylation sites (tertiary alicyclic amines) is 1. The lowest BCUT2D eigenvalue weighted by atomic mass is 10.1. The van der Waals surface area contributed by atoms with Crippen LogP contribution in [0.2, 0.25) is 0 Å². The molecule has 0 aliphatic carbocycles. The third kappa shape index (κ3) is 2.50. The van der Waals surface area contributed by atoms with Gasteiger partial charge in [-0.25, -0.2) is 4.79 Å². The second-order valence-electron chi connectivity index (χ2n) is 4.35. The lowest BCUT2D eigenvalue weighted by Crippen LogP contribution is -2.44. The van der Waals surface area contributed by atoms with Crippen LogP contribution in [0.4, 0.5) is 4.79 Å². The van der Waals surface area contributed by atoms with Crippen LogP contribution in [-0.4, -0.2) is 42.6 Å². The summed E-state index contributed by atoms with van der Waals surface area (Å²) in [7, 11) is 0. The van der Waals surface area contributed by atoms with Crippen molar-refractivity contribution in [2.45, 2.75) is 31.3 Å². The standard InChI is InChI=1S/C11H19N3O/c1-2-6-12-11(15)14-7-5-9-3-4-10(8-14)13-9/h2,9-10,13H,1,3-8H2,(H,12,15). The molecule has 0 aromatic heterocycles. The Morgan fingerprint density at radius 3 is 3.07 bits per heavy atom. The van der Waals surface area contributed by atoms with Gasteiger partial charge in [0.1, 0.15) is 0 Å². The number of hydrogen-bond donors (Lipinski definition) is 2. The first kappa shape index (κ1) is 10.5. The van der Waals surface area contributed by atoms with Gasteiger partial charge in [0.15, 0.2) is 0 Å². The van der Waals surface area contributed by atoms with E-state index in [0.717, 1.165) is 19.5 Å². The highest BCUT2D eigenvalue weighted by molar-refractivity contribution is 5.74. The van der Waals surface area contributed by atoms with Gasteiger partial charge in [0.2, 0.25) is 0 Å². The van der Waals surface area contributed by atoms with Crippen LogP contribution in [0.1, 0.15) is 19.3 Å². The average molecular weight is 209 g/mol. The molecule has 2 atom stereocenters. The van der Waals surface area contributed by atoms with E-state index >= 15 is 0 Å². The van der Waals surface area contributed by atoms with Crippen LogP contribution in [0.3, 0.4) is 0 Å². The maximum atomic E-state index is 11.7. The monoisotopic (exact) mass is 209 g/mol. The van der Waals surface area contributed by atoms with Crippen molar-refractivity contribution in [2.75, 3.05) is 19.6 Å². The number of carbonyl (C=O) groups excluding carboxylic acids is 1. The molecule has 0 spiro atoms. The van der Waals surface area contributed by atoms with Crippen LogP contribution in [-0.2, 0) is 0 Å². The molecule has 2 heterocycles. The van der Waals surface area contributed by atoms with E-state index in [9.17, 15) is 4.79 Å². The molecule has 4 heteroatoms. The smallest absolute Gasteiger partial charge is 0.317 e. The SMILES string of the molecule is C=CCNC(=O)N1CCC2CCC(C1)N2. The molecule has 2 unspecified atom stereocenters. The second kappa shape index (κ2) is 4.66. The Labute approximate surface area is 90.7 Å². The molecule has 0 aromatic carbocycles. The quantitative estimate of drug-likeness (QED) is 0.658. The van der Waals surface area contributed by atoms with Gasteiger partial charge in [0.05, 0.1) is 0 Å². The van der Waals surface area contributed by atoms with Crippen LogP contribution in [0.25, 0.3) is 0 Å². The molecule has 2 aliphatic rings. The Morgan fingerprint density at radius 2 is 2.27 bits per heavy atom. The number of hydrogen-bond acceptors (Lipinski definition) is 2. The fourth-order valence-corrected chi connectivity index (χ4v) is 2.40. The molecular formula is C11H19N3O. The predicted molar refractivity (Wildman–Crippen MR) is 59.7 cm³/mol. The largest absolute Gasteiger partial charge is 0.335 e. The molecule has 84 valence electrons. The summed E-state index contributed by atoms with van der Waals surface area (Å²) in [5.41, 5.74) is 0. The van der Waals surface area contributed by atoms with Crippen molar-refractivity contribution in [2.24, 2.45) is 0 Å². The number of carbonyl (C=O) groups is 1. The van der Waals surface area contributed by atoms with Gasteiger partial charge in [-0.3, -0.25) is 0 Å². The lowest BCUT2D eigenvalue weighted by Gasteiger charge is -2.24. The summed E-state index contributed by atoms with van der Waals surface area (Å²) in [6.45, 7) is 5.86. The highest BCUT2D eigenvalue weighted by Gasteiger charge is 2.30. The van der Waals surface area contributed by atoms with Crippen molar-refractivity contribution in [1.82, 2.24) is 15.5 Å². The first-order valence-corrected chi connectivity index (χ1v) is 5.69. The summed E-state index contributed by atoms with van der Waals surface area (Å²) >= 11 is 0. The third-order valence-corrected chi connectivity index (χ3v) is 3.21. The Morgan fingerprint density at radius 1 is 1.47 bits per heavy atom. The zero-order chi connectivity index (χ0) is 10.7. The maximum absolute atomic E-state index is 11.7. The molecule has 2 amide bonds. The van der Waals surface area contributed by atoms with Gasteiger partial charge >= 0.3 is 6.03 Å². The lowest BCUT2D eigenvalue weighted by molar-refractivity contribution is 0.196. The normalized spacial score (nSPS) is 29.7. The Kier molecular flexibility index (Phi) is 3.26. The first-order valence-electron chi connectivity index (χ1n) is 5.69. The molecule has 4 nitrogen and oxygen atoms in total. The Hall–Kier alpha value is -1.03. The van der Waals surface area contributed by atoms with Crippen molar-refractivity contribution in [3.8, 4) is 0 Å². The molecular weight excluding hydrogens is 190 g/mol. The fraction of sp³-hybridized carbons (Fsp3) is 0.727. The van der Waals surface area contributed by atoms with E-state index in [-0.39, 0.29) is 6.03 Å². The number of nitrogens with zero attached hydrogens (tertiary/aromatic N) is 1. The molecule has 2 saturated heterocycles. The highest BCUT2D eigenvalue weighted by atomic mass is 16.2. The summed E-state index contributed by atoms with van der Waals surface area (Å²) in [6.07, 6.45) is 5.26. The van der Waals surface area contributed by atoms with Crippen molar-refractivity contribution in [3.05, 3.63) is 12.7 Å². The van der Waals surface area contributed by atoms with E-state index in [4.69, 9.17) is 0 Å². The van der Waals surface area contributed by atoms with Gasteiger partial charge in [-0.1, -0.05) is 6.08 Å². The van der Waals surface area contributed by atoms with Gasteiger partial charge in [-0.05, 0) is 19.3 Å². The first-order chi connectivity index (χ1) is 7.29. The number of nitrogens with one attached hydrogen (secondary N) is 2. The van der Waals surface area contributed by atoms with E-state index in [1.807, 2.05) is 4.90 Å². The van der Waals surface area contributed by atoms with Gasteiger partial charge in [0.25, 0.3) is 0 Å². The average Bonchev–Trinajstić information content (AvgIpc) is 2.55. The van der Waals surface area contributed by atoms with Crippen LogP contribution in [0.5, 0.6) is 0 Å². The molecule has 0 saturated carbocycles. The van der Waals surface area contributed by atoms with Crippen molar-refractivity contribution in [1.29, 1.82) is 0 Å². The van der Waals surface area contributed by atoms with Crippen molar-refractivity contribution in [3.63, 3.8) is 0 Å². The molecule has 2 bridgehead atoms. The zero-order valence-corrected chi connectivity index (χ0v) is 9.04. The number of amides is 2. The molecule has 0 aromatic rings. The molecule has 15 heavy (non-hydrogen) atoms. The van der Waals surface area contributed by atoms with Crippen LogP contribution >= 0.6 is 0 Å². The summed E-state index contributed by atoms with van der Waals surface area (Å²) in [4.78, 5) is 13.6. The molecule has 2 rings (SSSR count). The summed E-state index contributed by atoms with van der Waals surface area (Å²) < 4.78 is 0. The molecule has 2 fully saturated rings. The number of rotatable bonds is 2. The molecule has 0 radical (unpaired) electrons. The second-order valence-corrected chi connectivity index (χ2v) is 4.35. The highest BCUT2D eigenvalue weighted by Crippen LogP contribution is 2.20. The van der Waals surface area contributed by atoms with Gasteiger partial charge in [-0.15, -0.1) is 6.58 Å². The number of urea groups is 1. The minimum atomic E-state index is 0.0456.